The molecule has 0 spiro atoms. The van der Waals surface area contributed by atoms with Gasteiger partial charge in [-0.15, -0.1) is 0 Å². The summed E-state index contributed by atoms with van der Waals surface area (Å²) in [4.78, 5) is 23.2. The summed E-state index contributed by atoms with van der Waals surface area (Å²) in [7, 11) is 1.59. The molecule has 1 aliphatic carbocycles. The SMILES string of the molecule is COc1ccc(C2CC2)c(NC(=O)NCc2cccc(C(=O)O)c2)c1. The van der Waals surface area contributed by atoms with Crippen molar-refractivity contribution in [1.29, 1.82) is 0 Å². The summed E-state index contributed by atoms with van der Waals surface area (Å²) in [6.45, 7) is 0.246. The van der Waals surface area contributed by atoms with Crippen molar-refractivity contribution in [3.63, 3.8) is 0 Å². The third kappa shape index (κ3) is 4.29. The number of amides is 2. The molecule has 0 heterocycles. The van der Waals surface area contributed by atoms with E-state index in [0.29, 0.717) is 11.7 Å². The average Bonchev–Trinajstić information content (AvgIpc) is 3.45. The summed E-state index contributed by atoms with van der Waals surface area (Å²) in [5.74, 6) is 0.194. The lowest BCUT2D eigenvalue weighted by molar-refractivity contribution is 0.0696. The second-order valence-corrected chi connectivity index (χ2v) is 6.04. The Balaban J connectivity index is 1.65. The second kappa shape index (κ2) is 7.25. The van der Waals surface area contributed by atoms with E-state index in [1.54, 1.807) is 25.3 Å². The molecule has 0 bridgehead atoms. The topological polar surface area (TPSA) is 87.7 Å². The molecule has 3 rings (SSSR count). The molecule has 1 fully saturated rings. The summed E-state index contributed by atoms with van der Waals surface area (Å²) in [5.41, 5.74) is 2.79. The maximum absolute atomic E-state index is 12.2. The summed E-state index contributed by atoms with van der Waals surface area (Å²) in [6.07, 6.45) is 2.26. The van der Waals surface area contributed by atoms with Gasteiger partial charge >= 0.3 is 12.0 Å². The fourth-order valence-corrected chi connectivity index (χ4v) is 2.68. The Hall–Kier alpha value is -3.02. The first kappa shape index (κ1) is 16.8. The zero-order valence-corrected chi connectivity index (χ0v) is 13.9. The number of carboxylic acid groups (broad SMARTS) is 1. The minimum atomic E-state index is -0.989. The first-order valence-electron chi connectivity index (χ1n) is 8.12. The van der Waals surface area contributed by atoms with Gasteiger partial charge in [0.05, 0.1) is 12.7 Å². The van der Waals surface area contributed by atoms with Crippen molar-refractivity contribution < 1.29 is 19.4 Å². The molecule has 0 radical (unpaired) electrons. The van der Waals surface area contributed by atoms with Crippen LogP contribution < -0.4 is 15.4 Å². The number of anilines is 1. The van der Waals surface area contributed by atoms with Crippen LogP contribution in [0.1, 0.15) is 40.2 Å². The lowest BCUT2D eigenvalue weighted by Crippen LogP contribution is -2.28. The van der Waals surface area contributed by atoms with Gasteiger partial charge in [-0.2, -0.15) is 0 Å². The Bertz CT molecular complexity index is 800. The van der Waals surface area contributed by atoms with Crippen LogP contribution >= 0.6 is 0 Å². The van der Waals surface area contributed by atoms with Crippen molar-refractivity contribution in [2.75, 3.05) is 12.4 Å². The number of hydrogen-bond acceptors (Lipinski definition) is 3. The highest BCUT2D eigenvalue weighted by molar-refractivity contribution is 5.91. The quantitative estimate of drug-likeness (QED) is 0.750. The van der Waals surface area contributed by atoms with Gasteiger partial charge in [0, 0.05) is 18.3 Å². The van der Waals surface area contributed by atoms with Crippen molar-refractivity contribution >= 4 is 17.7 Å². The van der Waals surface area contributed by atoms with Gasteiger partial charge < -0.3 is 20.5 Å². The van der Waals surface area contributed by atoms with E-state index in [2.05, 4.69) is 10.6 Å². The van der Waals surface area contributed by atoms with Gasteiger partial charge in [-0.25, -0.2) is 9.59 Å². The predicted molar refractivity (Wildman–Crippen MR) is 94.2 cm³/mol. The van der Waals surface area contributed by atoms with Gasteiger partial charge in [0.2, 0.25) is 0 Å². The van der Waals surface area contributed by atoms with Crippen LogP contribution in [-0.2, 0) is 6.54 Å². The lowest BCUT2D eigenvalue weighted by atomic mass is 10.1. The Morgan fingerprint density at radius 1 is 1.20 bits per heavy atom. The monoisotopic (exact) mass is 340 g/mol. The summed E-state index contributed by atoms with van der Waals surface area (Å²) >= 11 is 0. The molecule has 0 aliphatic heterocycles. The number of aromatic carboxylic acids is 1. The fourth-order valence-electron chi connectivity index (χ4n) is 2.68. The van der Waals surface area contributed by atoms with Gasteiger partial charge in [-0.1, -0.05) is 18.2 Å². The van der Waals surface area contributed by atoms with Gasteiger partial charge in [-0.05, 0) is 48.1 Å². The minimum Gasteiger partial charge on any atom is -0.497 e. The lowest BCUT2D eigenvalue weighted by Gasteiger charge is -2.13. The van der Waals surface area contributed by atoms with Crippen molar-refractivity contribution in [2.45, 2.75) is 25.3 Å². The summed E-state index contributed by atoms with van der Waals surface area (Å²) in [5, 5.41) is 14.6. The van der Waals surface area contributed by atoms with E-state index in [-0.39, 0.29) is 18.1 Å². The van der Waals surface area contributed by atoms with E-state index in [9.17, 15) is 9.59 Å². The largest absolute Gasteiger partial charge is 0.497 e. The number of carbonyl (C=O) groups excluding carboxylic acids is 1. The molecule has 0 atom stereocenters. The smallest absolute Gasteiger partial charge is 0.335 e. The second-order valence-electron chi connectivity index (χ2n) is 6.04. The molecule has 6 nitrogen and oxygen atoms in total. The van der Waals surface area contributed by atoms with Crippen LogP contribution in [0.3, 0.4) is 0 Å². The predicted octanol–water partition coefficient (Wildman–Crippen LogP) is 3.59. The normalized spacial score (nSPS) is 13.2. The average molecular weight is 340 g/mol. The van der Waals surface area contributed by atoms with Crippen LogP contribution in [0.2, 0.25) is 0 Å². The number of carbonyl (C=O) groups is 2. The van der Waals surface area contributed by atoms with Gasteiger partial charge in [-0.3, -0.25) is 0 Å². The minimum absolute atomic E-state index is 0.198. The van der Waals surface area contributed by atoms with Crippen LogP contribution in [0.25, 0.3) is 0 Å². The van der Waals surface area contributed by atoms with Crippen molar-refractivity contribution in [3.8, 4) is 5.75 Å². The first-order chi connectivity index (χ1) is 12.1. The highest BCUT2D eigenvalue weighted by Crippen LogP contribution is 2.44. The Morgan fingerprint density at radius 3 is 2.68 bits per heavy atom. The van der Waals surface area contributed by atoms with Crippen LogP contribution in [0.5, 0.6) is 5.75 Å². The fraction of sp³-hybridized carbons (Fsp3) is 0.263. The molecule has 1 aliphatic rings. The van der Waals surface area contributed by atoms with E-state index in [1.165, 1.54) is 6.07 Å². The maximum Gasteiger partial charge on any atom is 0.335 e. The first-order valence-corrected chi connectivity index (χ1v) is 8.12. The highest BCUT2D eigenvalue weighted by Gasteiger charge is 2.26. The maximum atomic E-state index is 12.2. The van der Waals surface area contributed by atoms with E-state index < -0.39 is 5.97 Å². The molecular formula is C19H20N2O4. The van der Waals surface area contributed by atoms with Crippen molar-refractivity contribution in [2.24, 2.45) is 0 Å². The van der Waals surface area contributed by atoms with Gasteiger partial charge in [0.15, 0.2) is 0 Å². The standard InChI is InChI=1S/C19H20N2O4/c1-25-15-7-8-16(13-5-6-13)17(10-15)21-19(24)20-11-12-3-2-4-14(9-12)18(22)23/h2-4,7-10,13H,5-6,11H2,1H3,(H,22,23)(H2,20,21,24). The van der Waals surface area contributed by atoms with E-state index >= 15 is 0 Å². The number of methoxy groups -OCH3 is 1. The van der Waals surface area contributed by atoms with Gasteiger partial charge in [0.25, 0.3) is 0 Å². The molecule has 3 N–H and O–H groups in total. The van der Waals surface area contributed by atoms with E-state index in [0.717, 1.165) is 29.7 Å². The zero-order chi connectivity index (χ0) is 17.8. The number of nitrogens with one attached hydrogen (secondary N) is 2. The Labute approximate surface area is 145 Å². The number of carboxylic acids is 1. The highest BCUT2D eigenvalue weighted by atomic mass is 16.5. The molecule has 25 heavy (non-hydrogen) atoms. The molecule has 130 valence electrons. The molecule has 2 amide bonds. The number of ether oxygens (including phenoxy) is 1. The number of urea groups is 1. The Morgan fingerprint density at radius 2 is 2.00 bits per heavy atom. The molecule has 2 aromatic carbocycles. The number of benzene rings is 2. The third-order valence-corrected chi connectivity index (χ3v) is 4.15. The molecule has 1 saturated carbocycles. The summed E-state index contributed by atoms with van der Waals surface area (Å²) < 4.78 is 5.23. The van der Waals surface area contributed by atoms with E-state index in [1.807, 2.05) is 18.2 Å². The Kier molecular flexibility index (Phi) is 4.88. The van der Waals surface area contributed by atoms with Crippen LogP contribution in [0.15, 0.2) is 42.5 Å². The van der Waals surface area contributed by atoms with Crippen molar-refractivity contribution in [1.82, 2.24) is 5.32 Å². The molecular weight excluding hydrogens is 320 g/mol. The molecule has 0 aromatic heterocycles. The van der Waals surface area contributed by atoms with Crippen LogP contribution in [0, 0.1) is 0 Å². The van der Waals surface area contributed by atoms with E-state index in [4.69, 9.17) is 9.84 Å². The van der Waals surface area contributed by atoms with Crippen molar-refractivity contribution in [3.05, 3.63) is 59.2 Å². The number of rotatable bonds is 6. The van der Waals surface area contributed by atoms with Crippen LogP contribution in [0.4, 0.5) is 10.5 Å². The zero-order valence-electron chi connectivity index (χ0n) is 13.9. The van der Waals surface area contributed by atoms with Gasteiger partial charge in [0.1, 0.15) is 5.75 Å². The molecule has 0 unspecified atom stereocenters. The molecule has 0 saturated heterocycles. The molecule has 6 heteroatoms. The summed E-state index contributed by atoms with van der Waals surface area (Å²) in [6, 6.07) is 11.9. The van der Waals surface area contributed by atoms with Crippen LogP contribution in [-0.4, -0.2) is 24.2 Å². The third-order valence-electron chi connectivity index (χ3n) is 4.15. The number of hydrogen-bond donors (Lipinski definition) is 3. The molecule has 2 aromatic rings.